The number of hydrogen-bond donors (Lipinski definition) is 1. The summed E-state index contributed by atoms with van der Waals surface area (Å²) in [7, 11) is 0. The fraction of sp³-hybridized carbons (Fsp3) is 0.480. The number of aliphatic hydroxyl groups is 1. The summed E-state index contributed by atoms with van der Waals surface area (Å²) in [4.78, 5) is 14.8. The minimum atomic E-state index is -0.972. The summed E-state index contributed by atoms with van der Waals surface area (Å²) in [6, 6.07) is 17.6. The first-order chi connectivity index (χ1) is 15.1. The third kappa shape index (κ3) is 4.20. The van der Waals surface area contributed by atoms with Gasteiger partial charge in [0.2, 0.25) is 0 Å². The summed E-state index contributed by atoms with van der Waals surface area (Å²) >= 11 is 0. The van der Waals surface area contributed by atoms with Gasteiger partial charge in [-0.15, -0.1) is 0 Å². The molecule has 0 saturated carbocycles. The van der Waals surface area contributed by atoms with E-state index in [9.17, 15) is 9.90 Å². The minimum Gasteiger partial charge on any atom is -0.445 e. The molecule has 6 heteroatoms. The van der Waals surface area contributed by atoms with E-state index in [0.29, 0.717) is 26.1 Å². The van der Waals surface area contributed by atoms with Crippen molar-refractivity contribution in [1.82, 2.24) is 4.90 Å². The zero-order valence-corrected chi connectivity index (χ0v) is 17.6. The Labute approximate surface area is 182 Å². The van der Waals surface area contributed by atoms with Crippen molar-refractivity contribution in [3.05, 3.63) is 71.3 Å². The zero-order chi connectivity index (χ0) is 21.3. The Kier molecular flexibility index (Phi) is 5.69. The highest BCUT2D eigenvalue weighted by Gasteiger charge is 2.48. The van der Waals surface area contributed by atoms with E-state index in [1.807, 2.05) is 59.5 Å². The summed E-state index contributed by atoms with van der Waals surface area (Å²) in [6.07, 6.45) is 3.22. The van der Waals surface area contributed by atoms with Crippen molar-refractivity contribution in [2.75, 3.05) is 13.2 Å². The topological polar surface area (TPSA) is 68.2 Å². The molecule has 3 saturated heterocycles. The minimum absolute atomic E-state index is 0.0246. The van der Waals surface area contributed by atoms with Gasteiger partial charge in [-0.1, -0.05) is 48.5 Å². The van der Waals surface area contributed by atoms with Gasteiger partial charge in [-0.25, -0.2) is 4.79 Å². The number of hydrogen-bond acceptors (Lipinski definition) is 5. The Morgan fingerprint density at radius 3 is 2.45 bits per heavy atom. The van der Waals surface area contributed by atoms with Crippen LogP contribution in [0, 0.1) is 0 Å². The van der Waals surface area contributed by atoms with Crippen LogP contribution in [0.15, 0.2) is 54.6 Å². The number of fused-ring (bicyclic) bond motifs is 2. The normalized spacial score (nSPS) is 28.5. The lowest BCUT2D eigenvalue weighted by molar-refractivity contribution is -0.0900. The maximum atomic E-state index is 12.9. The molecule has 2 unspecified atom stereocenters. The molecule has 5 rings (SSSR count). The number of amides is 1. The lowest BCUT2D eigenvalue weighted by atomic mass is 9.72. The van der Waals surface area contributed by atoms with Crippen LogP contribution in [0.1, 0.15) is 55.1 Å². The summed E-state index contributed by atoms with van der Waals surface area (Å²) < 4.78 is 16.9. The van der Waals surface area contributed by atoms with Gasteiger partial charge in [-0.05, 0) is 36.5 Å². The molecule has 0 aliphatic carbocycles. The highest BCUT2D eigenvalue weighted by molar-refractivity contribution is 5.69. The van der Waals surface area contributed by atoms with Gasteiger partial charge in [0.15, 0.2) is 6.29 Å². The molecule has 1 amide bonds. The average Bonchev–Trinajstić information content (AvgIpc) is 3.33. The molecule has 0 radical (unpaired) electrons. The van der Waals surface area contributed by atoms with Crippen LogP contribution in [0.5, 0.6) is 0 Å². The zero-order valence-electron chi connectivity index (χ0n) is 17.6. The summed E-state index contributed by atoms with van der Waals surface area (Å²) in [5.41, 5.74) is 1.81. The molecule has 3 aliphatic heterocycles. The SMILES string of the molecule is O=C(OCc1ccccc1)N1C2CCCC1CC(O)(c1cccc(C3OCCO3)c1)C2. The maximum absolute atomic E-state index is 12.9. The van der Waals surface area contributed by atoms with Crippen molar-refractivity contribution in [2.45, 2.75) is 62.7 Å². The van der Waals surface area contributed by atoms with Crippen molar-refractivity contribution in [3.63, 3.8) is 0 Å². The van der Waals surface area contributed by atoms with Crippen molar-refractivity contribution in [1.29, 1.82) is 0 Å². The van der Waals surface area contributed by atoms with Gasteiger partial charge < -0.3 is 24.2 Å². The van der Waals surface area contributed by atoms with E-state index in [0.717, 1.165) is 36.0 Å². The first-order valence-corrected chi connectivity index (χ1v) is 11.2. The van der Waals surface area contributed by atoms with Crippen molar-refractivity contribution >= 4 is 6.09 Å². The van der Waals surface area contributed by atoms with Crippen LogP contribution in [0.25, 0.3) is 0 Å². The number of benzene rings is 2. The van der Waals surface area contributed by atoms with Gasteiger partial charge in [0.25, 0.3) is 0 Å². The Balaban J connectivity index is 1.31. The number of carbonyl (C=O) groups is 1. The van der Waals surface area contributed by atoms with Crippen LogP contribution in [-0.4, -0.2) is 41.4 Å². The van der Waals surface area contributed by atoms with Gasteiger partial charge in [-0.3, -0.25) is 0 Å². The van der Waals surface area contributed by atoms with Crippen molar-refractivity contribution in [3.8, 4) is 0 Å². The molecule has 1 N–H and O–H groups in total. The van der Waals surface area contributed by atoms with Crippen LogP contribution < -0.4 is 0 Å². The standard InChI is InChI=1S/C25H29NO5/c27-24(31-17-18-6-2-1-3-7-18)26-21-10-5-11-22(26)16-25(28,15-21)20-9-4-8-19(14-20)23-29-12-13-30-23/h1-4,6-9,14,21-23,28H,5,10-13,15-17H2. The largest absolute Gasteiger partial charge is 0.445 e. The predicted octanol–water partition coefficient (Wildman–Crippen LogP) is 4.27. The lowest BCUT2D eigenvalue weighted by Crippen LogP contribution is -2.58. The molecule has 2 aromatic carbocycles. The average molecular weight is 424 g/mol. The Bertz CT molecular complexity index is 897. The van der Waals surface area contributed by atoms with E-state index in [4.69, 9.17) is 14.2 Å². The quantitative estimate of drug-likeness (QED) is 0.795. The first kappa shape index (κ1) is 20.5. The summed E-state index contributed by atoms with van der Waals surface area (Å²) in [6.45, 7) is 1.44. The molecule has 2 aromatic rings. The molecule has 2 atom stereocenters. The molecule has 0 spiro atoms. The summed E-state index contributed by atoms with van der Waals surface area (Å²) in [5, 5.41) is 11.7. The van der Waals surface area contributed by atoms with Crippen LogP contribution in [0.4, 0.5) is 4.79 Å². The fourth-order valence-electron chi connectivity index (χ4n) is 5.28. The third-order valence-corrected chi connectivity index (χ3v) is 6.74. The number of carbonyl (C=O) groups excluding carboxylic acids is 1. The van der Waals surface area contributed by atoms with Crippen LogP contribution in [0.3, 0.4) is 0 Å². The number of rotatable bonds is 4. The fourth-order valence-corrected chi connectivity index (χ4v) is 5.28. The van der Waals surface area contributed by atoms with Crippen LogP contribution >= 0.6 is 0 Å². The molecule has 6 nitrogen and oxygen atoms in total. The second kappa shape index (κ2) is 8.61. The van der Waals surface area contributed by atoms with Gasteiger partial charge in [0.1, 0.15) is 6.61 Å². The van der Waals surface area contributed by atoms with E-state index in [1.165, 1.54) is 0 Å². The molecule has 3 aliphatic rings. The van der Waals surface area contributed by atoms with Crippen molar-refractivity contribution in [2.24, 2.45) is 0 Å². The number of ether oxygens (including phenoxy) is 3. The van der Waals surface area contributed by atoms with Gasteiger partial charge in [0, 0.05) is 30.5 Å². The highest BCUT2D eigenvalue weighted by Crippen LogP contribution is 2.45. The van der Waals surface area contributed by atoms with E-state index in [1.54, 1.807) is 0 Å². The van der Waals surface area contributed by atoms with E-state index < -0.39 is 5.60 Å². The molecule has 0 aromatic heterocycles. The molecule has 2 bridgehead atoms. The van der Waals surface area contributed by atoms with E-state index >= 15 is 0 Å². The van der Waals surface area contributed by atoms with E-state index in [-0.39, 0.29) is 31.1 Å². The van der Waals surface area contributed by atoms with Crippen molar-refractivity contribution < 1.29 is 24.1 Å². The maximum Gasteiger partial charge on any atom is 0.410 e. The Hall–Kier alpha value is -2.41. The second-order valence-electron chi connectivity index (χ2n) is 8.82. The molecule has 164 valence electrons. The molecular formula is C25H29NO5. The van der Waals surface area contributed by atoms with Crippen LogP contribution in [-0.2, 0) is 26.4 Å². The number of nitrogens with zero attached hydrogens (tertiary/aromatic N) is 1. The summed E-state index contributed by atoms with van der Waals surface area (Å²) in [5.74, 6) is 0. The molecular weight excluding hydrogens is 394 g/mol. The van der Waals surface area contributed by atoms with Gasteiger partial charge >= 0.3 is 6.09 Å². The van der Waals surface area contributed by atoms with Gasteiger partial charge in [-0.2, -0.15) is 0 Å². The smallest absolute Gasteiger partial charge is 0.410 e. The Morgan fingerprint density at radius 1 is 1.03 bits per heavy atom. The molecule has 31 heavy (non-hydrogen) atoms. The van der Waals surface area contributed by atoms with Crippen LogP contribution in [0.2, 0.25) is 0 Å². The molecule has 3 fully saturated rings. The van der Waals surface area contributed by atoms with Gasteiger partial charge in [0.05, 0.1) is 18.8 Å². The lowest BCUT2D eigenvalue weighted by Gasteiger charge is -2.51. The first-order valence-electron chi connectivity index (χ1n) is 11.2. The number of piperidine rings is 2. The monoisotopic (exact) mass is 423 g/mol. The Morgan fingerprint density at radius 2 is 1.74 bits per heavy atom. The molecule has 3 heterocycles. The van der Waals surface area contributed by atoms with E-state index in [2.05, 4.69) is 0 Å². The predicted molar refractivity (Wildman–Crippen MR) is 114 cm³/mol. The highest BCUT2D eigenvalue weighted by atomic mass is 16.7. The second-order valence-corrected chi connectivity index (χ2v) is 8.82. The third-order valence-electron chi connectivity index (χ3n) is 6.74.